The molecule has 0 aliphatic carbocycles. The number of hydrogen-bond donors (Lipinski definition) is 4. The summed E-state index contributed by atoms with van der Waals surface area (Å²) in [4.78, 5) is 25.1. The minimum absolute atomic E-state index is 0.0155. The summed E-state index contributed by atoms with van der Waals surface area (Å²) >= 11 is 18.2. The van der Waals surface area contributed by atoms with E-state index in [9.17, 15) is 23.1 Å². The highest BCUT2D eigenvalue weighted by Gasteiger charge is 2.21. The highest BCUT2D eigenvalue weighted by atomic mass is 35.5. The van der Waals surface area contributed by atoms with Crippen LogP contribution in [0.5, 0.6) is 5.75 Å². The van der Waals surface area contributed by atoms with Crippen molar-refractivity contribution in [3.63, 3.8) is 0 Å². The van der Waals surface area contributed by atoms with Crippen LogP contribution < -0.4 is 15.4 Å². The number of anilines is 2. The zero-order chi connectivity index (χ0) is 26.6. The number of aryl methyl sites for hydroxylation is 1. The summed E-state index contributed by atoms with van der Waals surface area (Å²) in [5.41, 5.74) is 1.07. The Hall–Kier alpha value is -2.82. The van der Waals surface area contributed by atoms with Gasteiger partial charge in [0.25, 0.3) is 5.91 Å². The molecule has 3 aromatic rings. The van der Waals surface area contributed by atoms with Crippen molar-refractivity contribution in [3.05, 3.63) is 80.8 Å². The molecule has 1 atom stereocenters. The number of amides is 2. The highest BCUT2D eigenvalue weighted by molar-refractivity contribution is 7.89. The highest BCUT2D eigenvalue weighted by Crippen LogP contribution is 2.35. The SMILES string of the molecule is Cc1ccc(S(=O)(=O)NC(C)CC(=O)Nc2cc(O)c(NC(=O)c3cccc(Cl)c3Cl)cc2Cl)cc1. The lowest BCUT2D eigenvalue weighted by Crippen LogP contribution is -2.35. The largest absolute Gasteiger partial charge is 0.506 e. The van der Waals surface area contributed by atoms with E-state index in [0.29, 0.717) is 0 Å². The first kappa shape index (κ1) is 27.8. The Balaban J connectivity index is 1.65. The Kier molecular flexibility index (Phi) is 8.86. The second-order valence-electron chi connectivity index (χ2n) is 7.99. The number of carbonyl (C=O) groups is 2. The monoisotopic (exact) mass is 569 g/mol. The van der Waals surface area contributed by atoms with E-state index in [2.05, 4.69) is 15.4 Å². The van der Waals surface area contributed by atoms with Crippen LogP contribution in [0.3, 0.4) is 0 Å². The topological polar surface area (TPSA) is 125 Å². The van der Waals surface area contributed by atoms with Crippen molar-refractivity contribution in [2.75, 3.05) is 10.6 Å². The van der Waals surface area contributed by atoms with Crippen LogP contribution in [0.4, 0.5) is 11.4 Å². The Morgan fingerprint density at radius 1 is 0.944 bits per heavy atom. The van der Waals surface area contributed by atoms with Crippen molar-refractivity contribution in [1.29, 1.82) is 0 Å². The minimum Gasteiger partial charge on any atom is -0.506 e. The first-order valence-electron chi connectivity index (χ1n) is 10.5. The molecule has 0 saturated carbocycles. The zero-order valence-electron chi connectivity index (χ0n) is 19.1. The van der Waals surface area contributed by atoms with Crippen molar-refractivity contribution in [2.45, 2.75) is 31.2 Å². The van der Waals surface area contributed by atoms with Gasteiger partial charge in [0.15, 0.2) is 0 Å². The fourth-order valence-electron chi connectivity index (χ4n) is 3.20. The Labute approximate surface area is 223 Å². The maximum absolute atomic E-state index is 12.5. The van der Waals surface area contributed by atoms with Crippen LogP contribution in [0.2, 0.25) is 15.1 Å². The summed E-state index contributed by atoms with van der Waals surface area (Å²) in [6.45, 7) is 3.39. The van der Waals surface area contributed by atoms with Gasteiger partial charge >= 0.3 is 0 Å². The van der Waals surface area contributed by atoms with Crippen molar-refractivity contribution in [3.8, 4) is 5.75 Å². The Bertz CT molecular complexity index is 1410. The molecule has 190 valence electrons. The third-order valence-electron chi connectivity index (χ3n) is 4.98. The molecule has 0 aromatic heterocycles. The molecule has 12 heteroatoms. The van der Waals surface area contributed by atoms with E-state index in [1.807, 2.05) is 6.92 Å². The van der Waals surface area contributed by atoms with Crippen LogP contribution >= 0.6 is 34.8 Å². The van der Waals surface area contributed by atoms with Gasteiger partial charge in [-0.15, -0.1) is 0 Å². The average Bonchev–Trinajstić information content (AvgIpc) is 2.78. The third-order valence-corrected chi connectivity index (χ3v) is 7.72. The molecular formula is C24H22Cl3N3O5S. The number of sulfonamides is 1. The van der Waals surface area contributed by atoms with Crippen molar-refractivity contribution in [2.24, 2.45) is 0 Å². The van der Waals surface area contributed by atoms with Gasteiger partial charge in [-0.2, -0.15) is 0 Å². The summed E-state index contributed by atoms with van der Waals surface area (Å²) in [6.07, 6.45) is -0.200. The first-order chi connectivity index (χ1) is 16.9. The fraction of sp³-hybridized carbons (Fsp3) is 0.167. The predicted octanol–water partition coefficient (Wildman–Crippen LogP) is 5.61. The van der Waals surface area contributed by atoms with Crippen LogP contribution in [0.15, 0.2) is 59.5 Å². The van der Waals surface area contributed by atoms with Crippen molar-refractivity contribution < 1.29 is 23.1 Å². The fourth-order valence-corrected chi connectivity index (χ4v) is 5.04. The smallest absolute Gasteiger partial charge is 0.257 e. The van der Waals surface area contributed by atoms with Crippen LogP contribution in [0.25, 0.3) is 0 Å². The number of hydrogen-bond acceptors (Lipinski definition) is 5. The van der Waals surface area contributed by atoms with Gasteiger partial charge in [-0.3, -0.25) is 9.59 Å². The maximum Gasteiger partial charge on any atom is 0.257 e. The van der Waals surface area contributed by atoms with E-state index in [-0.39, 0.29) is 49.1 Å². The lowest BCUT2D eigenvalue weighted by Gasteiger charge is -2.16. The minimum atomic E-state index is -3.81. The second-order valence-corrected chi connectivity index (χ2v) is 10.9. The summed E-state index contributed by atoms with van der Waals surface area (Å²) in [5.74, 6) is -1.53. The van der Waals surface area contributed by atoms with Crippen LogP contribution in [-0.2, 0) is 14.8 Å². The number of phenols is 1. The Morgan fingerprint density at radius 3 is 2.28 bits per heavy atom. The number of nitrogens with one attached hydrogen (secondary N) is 3. The van der Waals surface area contributed by atoms with E-state index < -0.39 is 27.9 Å². The molecule has 1 unspecified atom stereocenters. The molecule has 0 aliphatic heterocycles. The van der Waals surface area contributed by atoms with Crippen molar-refractivity contribution >= 4 is 68.0 Å². The quantitative estimate of drug-likeness (QED) is 0.262. The lowest BCUT2D eigenvalue weighted by molar-refractivity contribution is -0.116. The standard InChI is InChI=1S/C24H22Cl3N3O5S/c1-13-6-8-15(9-7-13)36(34,35)30-14(2)10-22(32)28-19-12-21(31)20(11-18(19)26)29-24(33)16-4-3-5-17(25)23(16)27/h3-9,11-12,14,30-31H,10H2,1-2H3,(H,28,32)(H,29,33). The number of halogens is 3. The van der Waals surface area contributed by atoms with Crippen LogP contribution in [-0.4, -0.2) is 31.4 Å². The molecule has 0 fully saturated rings. The summed E-state index contributed by atoms with van der Waals surface area (Å²) in [7, 11) is -3.81. The molecule has 2 amide bonds. The molecule has 0 spiro atoms. The molecule has 3 rings (SSSR count). The number of phenolic OH excluding ortho intramolecular Hbond substituents is 1. The molecule has 0 saturated heterocycles. The van der Waals surface area contributed by atoms with Gasteiger partial charge in [0.1, 0.15) is 5.75 Å². The predicted molar refractivity (Wildman–Crippen MR) is 142 cm³/mol. The van der Waals surface area contributed by atoms with E-state index in [0.717, 1.165) is 11.6 Å². The van der Waals surface area contributed by atoms with Crippen LogP contribution in [0, 0.1) is 6.92 Å². The third kappa shape index (κ3) is 6.89. The molecule has 36 heavy (non-hydrogen) atoms. The molecular weight excluding hydrogens is 549 g/mol. The normalized spacial score (nSPS) is 12.1. The summed E-state index contributed by atoms with van der Waals surface area (Å²) < 4.78 is 27.5. The number of aromatic hydroxyl groups is 1. The van der Waals surface area contributed by atoms with E-state index in [4.69, 9.17) is 34.8 Å². The van der Waals surface area contributed by atoms with Gasteiger partial charge in [0, 0.05) is 18.5 Å². The van der Waals surface area contributed by atoms with Gasteiger partial charge in [-0.05, 0) is 44.2 Å². The zero-order valence-corrected chi connectivity index (χ0v) is 22.2. The van der Waals surface area contributed by atoms with Gasteiger partial charge in [-0.25, -0.2) is 13.1 Å². The maximum atomic E-state index is 12.5. The van der Waals surface area contributed by atoms with Gasteiger partial charge < -0.3 is 15.7 Å². The first-order valence-corrected chi connectivity index (χ1v) is 13.2. The van der Waals surface area contributed by atoms with Crippen LogP contribution in [0.1, 0.15) is 29.3 Å². The molecule has 0 radical (unpaired) electrons. The molecule has 0 bridgehead atoms. The average molecular weight is 571 g/mol. The number of benzene rings is 3. The summed E-state index contributed by atoms with van der Waals surface area (Å²) in [6, 6.07) is 12.5. The van der Waals surface area contributed by atoms with E-state index in [1.165, 1.54) is 30.3 Å². The second kappa shape index (κ2) is 11.5. The molecule has 8 nitrogen and oxygen atoms in total. The van der Waals surface area contributed by atoms with Gasteiger partial charge in [-0.1, -0.05) is 58.6 Å². The Morgan fingerprint density at radius 2 is 1.61 bits per heavy atom. The lowest BCUT2D eigenvalue weighted by atomic mass is 10.2. The van der Waals surface area contributed by atoms with Gasteiger partial charge in [0.2, 0.25) is 15.9 Å². The molecule has 3 aromatic carbocycles. The number of rotatable bonds is 8. The number of carbonyl (C=O) groups excluding carboxylic acids is 2. The van der Waals surface area contributed by atoms with E-state index >= 15 is 0 Å². The molecule has 4 N–H and O–H groups in total. The van der Waals surface area contributed by atoms with Crippen molar-refractivity contribution in [1.82, 2.24) is 4.72 Å². The summed E-state index contributed by atoms with van der Waals surface area (Å²) in [5, 5.41) is 15.6. The molecule has 0 aliphatic rings. The molecule has 0 heterocycles. The van der Waals surface area contributed by atoms with Gasteiger partial charge in [0.05, 0.1) is 36.9 Å². The van der Waals surface area contributed by atoms with E-state index in [1.54, 1.807) is 25.1 Å².